The normalized spacial score (nSPS) is 22.1. The summed E-state index contributed by atoms with van der Waals surface area (Å²) in [4.78, 5) is 2.57. The molecule has 12 aromatic rings. The Balaban J connectivity index is 0.898. The summed E-state index contributed by atoms with van der Waals surface area (Å²) in [7, 11) is 0. The summed E-state index contributed by atoms with van der Waals surface area (Å²) >= 11 is 0. The molecule has 2 heteroatoms. The molecule has 0 N–H and O–H groups in total. The van der Waals surface area contributed by atoms with Gasteiger partial charge in [0, 0.05) is 44.3 Å². The van der Waals surface area contributed by atoms with Gasteiger partial charge in [-0.25, -0.2) is 0 Å². The van der Waals surface area contributed by atoms with Gasteiger partial charge in [0.05, 0.1) is 22.4 Å². The third-order valence-electron chi connectivity index (χ3n) is 19.5. The van der Waals surface area contributed by atoms with Gasteiger partial charge in [0.15, 0.2) is 0 Å². The summed E-state index contributed by atoms with van der Waals surface area (Å²) in [6.45, 7) is 0. The second kappa shape index (κ2) is 15.4. The Morgan fingerprint density at radius 3 is 1.75 bits per heavy atom. The SMILES string of the molecule is c1ccc(-c2cccc3cccc(-c4ccccc4N(c4cccc(-c5cccc6c7ccccc7n(-c7ccccc7)c56)c4)c4ccccc4-c4ccc5c(c4)C4(c6ccccc6-5)C5CC6CC7CC4C675)c23)cc1. The number of anilines is 3. The first kappa shape index (κ1) is 41.7. The summed E-state index contributed by atoms with van der Waals surface area (Å²) in [5.74, 6) is 3.44. The lowest BCUT2D eigenvalue weighted by Crippen LogP contribution is -2.88. The van der Waals surface area contributed by atoms with E-state index in [0.717, 1.165) is 46.4 Å². The third-order valence-corrected chi connectivity index (χ3v) is 19.5. The predicted octanol–water partition coefficient (Wildman–Crippen LogP) is 19.0. The minimum Gasteiger partial charge on any atom is -0.309 e. The molecule has 0 amide bonds. The van der Waals surface area contributed by atoms with E-state index in [4.69, 9.17) is 0 Å². The Morgan fingerprint density at radius 2 is 0.947 bits per heavy atom. The number of aromatic nitrogens is 1. The fourth-order valence-corrected chi connectivity index (χ4v) is 16.7. The lowest BCUT2D eigenvalue weighted by atomic mass is 9.11. The molecule has 1 heterocycles. The van der Waals surface area contributed by atoms with Crippen molar-refractivity contribution < 1.29 is 0 Å². The van der Waals surface area contributed by atoms with E-state index in [9.17, 15) is 0 Å². The van der Waals surface area contributed by atoms with Crippen LogP contribution in [0.3, 0.4) is 0 Å². The summed E-state index contributed by atoms with van der Waals surface area (Å²) < 4.78 is 2.46. The number of fused-ring (bicyclic) bond motifs is 11. The van der Waals surface area contributed by atoms with Gasteiger partial charge in [0.1, 0.15) is 0 Å². The molecule has 5 aliphatic carbocycles. The van der Waals surface area contributed by atoms with Crippen molar-refractivity contribution in [2.45, 2.75) is 24.7 Å². The van der Waals surface area contributed by atoms with Crippen molar-refractivity contribution in [3.8, 4) is 61.3 Å². The zero-order chi connectivity index (χ0) is 49.0. The van der Waals surface area contributed by atoms with Crippen molar-refractivity contribution >= 4 is 49.6 Å². The molecular formula is C73H52N2. The lowest BCUT2D eigenvalue weighted by Gasteiger charge is -2.92. The molecule has 17 rings (SSSR count). The van der Waals surface area contributed by atoms with E-state index in [1.165, 1.54) is 107 Å². The molecule has 4 saturated carbocycles. The number of hydrogen-bond acceptors (Lipinski definition) is 1. The highest BCUT2D eigenvalue weighted by atomic mass is 15.1. The van der Waals surface area contributed by atoms with Gasteiger partial charge in [-0.2, -0.15) is 0 Å². The average Bonchev–Trinajstić information content (AvgIpc) is 4.08. The number of benzene rings is 11. The van der Waals surface area contributed by atoms with Crippen molar-refractivity contribution in [3.05, 3.63) is 266 Å². The van der Waals surface area contributed by atoms with Crippen molar-refractivity contribution in [2.75, 3.05) is 4.90 Å². The zero-order valence-corrected chi connectivity index (χ0v) is 41.6. The summed E-state index contributed by atoms with van der Waals surface area (Å²) in [5.41, 5.74) is 23.5. The molecule has 2 spiro atoms. The number of para-hydroxylation sites is 5. The van der Waals surface area contributed by atoms with Crippen LogP contribution < -0.4 is 4.90 Å². The molecule has 5 aliphatic rings. The van der Waals surface area contributed by atoms with E-state index >= 15 is 0 Å². The first-order valence-corrected chi connectivity index (χ1v) is 27.2. The maximum atomic E-state index is 2.65. The second-order valence-electron chi connectivity index (χ2n) is 22.3. The van der Waals surface area contributed by atoms with Gasteiger partial charge in [0.25, 0.3) is 0 Å². The molecule has 0 bridgehead atoms. The van der Waals surface area contributed by atoms with Crippen molar-refractivity contribution in [1.82, 2.24) is 4.57 Å². The van der Waals surface area contributed by atoms with E-state index < -0.39 is 0 Å². The van der Waals surface area contributed by atoms with Gasteiger partial charge in [-0.05, 0) is 158 Å². The summed E-state index contributed by atoms with van der Waals surface area (Å²) in [6.07, 6.45) is 4.26. The molecule has 75 heavy (non-hydrogen) atoms. The van der Waals surface area contributed by atoms with Crippen LogP contribution in [0.5, 0.6) is 0 Å². The molecule has 1 aromatic heterocycles. The fourth-order valence-electron chi connectivity index (χ4n) is 16.7. The number of rotatable bonds is 8. The van der Waals surface area contributed by atoms with Crippen LogP contribution in [0.15, 0.2) is 255 Å². The van der Waals surface area contributed by atoms with E-state index in [2.05, 4.69) is 264 Å². The van der Waals surface area contributed by atoms with Crippen molar-refractivity contribution in [3.63, 3.8) is 0 Å². The average molecular weight is 957 g/mol. The first-order valence-electron chi connectivity index (χ1n) is 27.2. The smallest absolute Gasteiger partial charge is 0.0619 e. The van der Waals surface area contributed by atoms with Crippen LogP contribution in [-0.2, 0) is 5.41 Å². The fraction of sp³-hybridized carbons (Fsp3) is 0.123. The second-order valence-corrected chi connectivity index (χ2v) is 22.3. The topological polar surface area (TPSA) is 8.17 Å². The quantitative estimate of drug-likeness (QED) is 0.147. The van der Waals surface area contributed by atoms with Crippen LogP contribution in [0.2, 0.25) is 0 Å². The van der Waals surface area contributed by atoms with Gasteiger partial charge in [-0.1, -0.05) is 206 Å². The molecule has 4 unspecified atom stereocenters. The first-order chi connectivity index (χ1) is 37.2. The van der Waals surface area contributed by atoms with E-state index in [0.29, 0.717) is 5.41 Å². The molecule has 0 saturated heterocycles. The summed E-state index contributed by atoms with van der Waals surface area (Å²) in [6, 6.07) is 95.8. The van der Waals surface area contributed by atoms with Gasteiger partial charge in [-0.3, -0.25) is 0 Å². The highest BCUT2D eigenvalue weighted by molar-refractivity contribution is 6.14. The zero-order valence-electron chi connectivity index (χ0n) is 41.6. The van der Waals surface area contributed by atoms with Crippen molar-refractivity contribution in [2.24, 2.45) is 29.1 Å². The molecule has 0 aliphatic heterocycles. The lowest BCUT2D eigenvalue weighted by molar-refractivity contribution is -0.412. The van der Waals surface area contributed by atoms with Gasteiger partial charge in [-0.15, -0.1) is 0 Å². The van der Waals surface area contributed by atoms with Crippen LogP contribution in [-0.4, -0.2) is 4.57 Å². The van der Waals surface area contributed by atoms with Gasteiger partial charge >= 0.3 is 0 Å². The Morgan fingerprint density at radius 1 is 0.373 bits per heavy atom. The van der Waals surface area contributed by atoms with Crippen LogP contribution in [0.25, 0.3) is 93.9 Å². The third kappa shape index (κ3) is 5.39. The molecule has 11 aromatic carbocycles. The molecular weight excluding hydrogens is 905 g/mol. The minimum atomic E-state index is 0.124. The number of hydrogen-bond donors (Lipinski definition) is 0. The Bertz CT molecular complexity index is 4300. The molecule has 2 nitrogen and oxygen atoms in total. The van der Waals surface area contributed by atoms with Gasteiger partial charge < -0.3 is 9.47 Å². The number of nitrogens with zero attached hydrogens (tertiary/aromatic N) is 2. The predicted molar refractivity (Wildman–Crippen MR) is 311 cm³/mol. The maximum Gasteiger partial charge on any atom is 0.0619 e. The van der Waals surface area contributed by atoms with Crippen LogP contribution in [0.4, 0.5) is 17.1 Å². The Labute approximate surface area is 437 Å². The molecule has 354 valence electrons. The molecule has 4 fully saturated rings. The largest absolute Gasteiger partial charge is 0.309 e. The molecule has 0 radical (unpaired) electrons. The van der Waals surface area contributed by atoms with Crippen molar-refractivity contribution in [1.29, 1.82) is 0 Å². The van der Waals surface area contributed by atoms with Crippen LogP contribution >= 0.6 is 0 Å². The van der Waals surface area contributed by atoms with E-state index in [-0.39, 0.29) is 5.41 Å². The maximum absolute atomic E-state index is 2.65. The van der Waals surface area contributed by atoms with Gasteiger partial charge in [0.2, 0.25) is 0 Å². The summed E-state index contributed by atoms with van der Waals surface area (Å²) in [5, 5.41) is 4.98. The van der Waals surface area contributed by atoms with E-state index in [1.807, 2.05) is 0 Å². The minimum absolute atomic E-state index is 0.124. The highest BCUT2D eigenvalue weighted by Crippen LogP contribution is 2.94. The van der Waals surface area contributed by atoms with Crippen LogP contribution in [0, 0.1) is 29.1 Å². The standard InChI is InChI=1S/C73H52N2/c1-3-19-46(20-4-1)55-31-16-21-47-22-17-33-61(70(47)55)59-29-9-13-37-66(59)74(53-26-15-23-48(41-53)56-32-18-34-62-60-30-10-14-38-67(60)75(71(56)62)52-24-5-2-6-25-52)65-36-12-8-27-54(65)49-39-40-58-57-28-7-11-35-63(57)73(64(58)42-49)68-44-50-43-51-45-69(73)72(50,51)68/h1-42,50-51,68-69H,43-45H2. The highest BCUT2D eigenvalue weighted by Gasteiger charge is 2.90. The molecule has 4 atom stereocenters. The Kier molecular flexibility index (Phi) is 8.58. The Hall–Kier alpha value is -8.72. The van der Waals surface area contributed by atoms with Crippen LogP contribution in [0.1, 0.15) is 30.4 Å². The monoisotopic (exact) mass is 956 g/mol. The van der Waals surface area contributed by atoms with E-state index in [1.54, 1.807) is 11.1 Å².